The summed E-state index contributed by atoms with van der Waals surface area (Å²) in [5.74, 6) is -0.706. The Morgan fingerprint density at radius 3 is 2.19 bits per heavy atom. The van der Waals surface area contributed by atoms with Crippen LogP contribution in [-0.4, -0.2) is 54.6 Å². The quantitative estimate of drug-likeness (QED) is 0.448. The first-order valence-corrected chi connectivity index (χ1v) is 13.9. The van der Waals surface area contributed by atoms with Gasteiger partial charge >= 0.3 is 0 Å². The van der Waals surface area contributed by atoms with E-state index in [1.165, 1.54) is 11.9 Å². The zero-order chi connectivity index (χ0) is 27.4. The molecule has 198 valence electrons. The highest BCUT2D eigenvalue weighted by atomic mass is 32.2. The van der Waals surface area contributed by atoms with Gasteiger partial charge in [0.05, 0.1) is 11.4 Å². The van der Waals surface area contributed by atoms with Gasteiger partial charge in [-0.15, -0.1) is 0 Å². The fourth-order valence-corrected chi connectivity index (χ4v) is 5.37. The second-order valence-corrected chi connectivity index (χ2v) is 12.4. The highest BCUT2D eigenvalue weighted by Crippen LogP contribution is 2.22. The van der Waals surface area contributed by atoms with Crippen LogP contribution < -0.4 is 5.32 Å². The number of fused-ring (bicyclic) bond motifs is 1. The molecule has 0 radical (unpaired) electrons. The normalized spacial score (nSPS) is 12.9. The van der Waals surface area contributed by atoms with Crippen molar-refractivity contribution >= 4 is 32.6 Å². The first-order chi connectivity index (χ1) is 17.3. The predicted molar refractivity (Wildman–Crippen MR) is 147 cm³/mol. The molecule has 0 heterocycles. The number of likely N-dealkylation sites (N-methyl/N-ethyl adjacent to an activating group) is 1. The van der Waals surface area contributed by atoms with E-state index in [0.717, 1.165) is 26.2 Å². The minimum atomic E-state index is -3.94. The molecule has 0 bridgehead atoms. The summed E-state index contributed by atoms with van der Waals surface area (Å²) in [4.78, 5) is 28.5. The minimum Gasteiger partial charge on any atom is -0.350 e. The SMILES string of the molecule is CC[C@H](C(=O)NC(C)(C)C)N(Cc1ccccc1C)C(=O)CN(C)S(=O)(=O)c1ccc2ccccc2c1. The average Bonchev–Trinajstić information content (AvgIpc) is 2.83. The lowest BCUT2D eigenvalue weighted by atomic mass is 10.0. The van der Waals surface area contributed by atoms with E-state index in [-0.39, 0.29) is 23.9 Å². The third-order valence-corrected chi connectivity index (χ3v) is 8.07. The van der Waals surface area contributed by atoms with E-state index in [1.807, 2.05) is 83.1 Å². The summed E-state index contributed by atoms with van der Waals surface area (Å²) in [5.41, 5.74) is 1.42. The van der Waals surface area contributed by atoms with Gasteiger partial charge in [-0.25, -0.2) is 8.42 Å². The number of benzene rings is 3. The predicted octanol–water partition coefficient (Wildman–Crippen LogP) is 4.49. The molecule has 37 heavy (non-hydrogen) atoms. The van der Waals surface area contributed by atoms with Crippen LogP contribution in [0.3, 0.4) is 0 Å². The highest BCUT2D eigenvalue weighted by Gasteiger charge is 2.33. The van der Waals surface area contributed by atoms with Crippen molar-refractivity contribution in [3.05, 3.63) is 77.9 Å². The third-order valence-electron chi connectivity index (χ3n) is 6.27. The van der Waals surface area contributed by atoms with Crippen LogP contribution in [0.1, 0.15) is 45.2 Å². The summed E-state index contributed by atoms with van der Waals surface area (Å²) >= 11 is 0. The van der Waals surface area contributed by atoms with Crippen LogP contribution in [-0.2, 0) is 26.2 Å². The molecule has 0 unspecified atom stereocenters. The molecule has 1 N–H and O–H groups in total. The van der Waals surface area contributed by atoms with Gasteiger partial charge in [0.25, 0.3) is 0 Å². The molecular weight excluding hydrogens is 486 g/mol. The minimum absolute atomic E-state index is 0.115. The van der Waals surface area contributed by atoms with Crippen molar-refractivity contribution in [1.82, 2.24) is 14.5 Å². The van der Waals surface area contributed by atoms with Crippen molar-refractivity contribution in [2.45, 2.75) is 64.1 Å². The van der Waals surface area contributed by atoms with Crippen LogP contribution >= 0.6 is 0 Å². The van der Waals surface area contributed by atoms with E-state index in [1.54, 1.807) is 18.2 Å². The average molecular weight is 524 g/mol. The number of aryl methyl sites for hydroxylation is 1. The summed E-state index contributed by atoms with van der Waals surface area (Å²) in [5, 5.41) is 4.70. The van der Waals surface area contributed by atoms with Gasteiger partial charge in [0.1, 0.15) is 6.04 Å². The number of hydrogen-bond donors (Lipinski definition) is 1. The molecule has 0 fully saturated rings. The van der Waals surface area contributed by atoms with E-state index in [2.05, 4.69) is 5.32 Å². The first-order valence-electron chi connectivity index (χ1n) is 12.4. The van der Waals surface area contributed by atoms with E-state index in [0.29, 0.717) is 6.42 Å². The van der Waals surface area contributed by atoms with Crippen molar-refractivity contribution in [1.29, 1.82) is 0 Å². The first kappa shape index (κ1) is 28.3. The molecule has 0 aliphatic heterocycles. The summed E-state index contributed by atoms with van der Waals surface area (Å²) in [6.45, 7) is 9.26. The molecule has 0 spiro atoms. The maximum atomic E-state index is 13.7. The van der Waals surface area contributed by atoms with Gasteiger partial charge in [0.15, 0.2) is 0 Å². The molecule has 0 saturated carbocycles. The van der Waals surface area contributed by atoms with Gasteiger partial charge in [-0.3, -0.25) is 9.59 Å². The Kier molecular flexibility index (Phi) is 8.76. The molecule has 2 amide bonds. The summed E-state index contributed by atoms with van der Waals surface area (Å²) in [7, 11) is -2.54. The van der Waals surface area contributed by atoms with Crippen LogP contribution in [0, 0.1) is 6.92 Å². The lowest BCUT2D eigenvalue weighted by Gasteiger charge is -2.34. The lowest BCUT2D eigenvalue weighted by Crippen LogP contribution is -2.55. The maximum Gasteiger partial charge on any atom is 0.243 e. The number of nitrogens with zero attached hydrogens (tertiary/aromatic N) is 2. The van der Waals surface area contributed by atoms with E-state index >= 15 is 0 Å². The van der Waals surface area contributed by atoms with Crippen LogP contribution in [0.25, 0.3) is 10.8 Å². The highest BCUT2D eigenvalue weighted by molar-refractivity contribution is 7.89. The number of carbonyl (C=O) groups excluding carboxylic acids is 2. The lowest BCUT2D eigenvalue weighted by molar-refractivity contribution is -0.142. The second kappa shape index (κ2) is 11.4. The molecule has 0 aliphatic rings. The Morgan fingerprint density at radius 1 is 0.946 bits per heavy atom. The Balaban J connectivity index is 1.91. The Hall–Kier alpha value is -3.23. The van der Waals surface area contributed by atoms with Gasteiger partial charge in [-0.1, -0.05) is 61.5 Å². The molecule has 1 atom stereocenters. The van der Waals surface area contributed by atoms with E-state index in [9.17, 15) is 18.0 Å². The fourth-order valence-electron chi connectivity index (χ4n) is 4.22. The second-order valence-electron chi connectivity index (χ2n) is 10.4. The summed E-state index contributed by atoms with van der Waals surface area (Å²) < 4.78 is 27.8. The number of sulfonamides is 1. The standard InChI is InChI=1S/C29H37N3O4S/c1-7-26(28(34)30-29(3,4)5)32(19-24-15-9-8-12-21(24)2)27(33)20-31(6)37(35,36)25-17-16-22-13-10-11-14-23(22)18-25/h8-18,26H,7,19-20H2,1-6H3,(H,30,34)/t26-/m1/s1. The largest absolute Gasteiger partial charge is 0.350 e. The molecule has 0 aliphatic carbocycles. The third kappa shape index (κ3) is 6.96. The van der Waals surface area contributed by atoms with E-state index in [4.69, 9.17) is 0 Å². The zero-order valence-corrected chi connectivity index (χ0v) is 23.3. The van der Waals surface area contributed by atoms with Crippen LogP contribution in [0.5, 0.6) is 0 Å². The van der Waals surface area contributed by atoms with Crippen molar-refractivity contribution in [3.63, 3.8) is 0 Å². The Bertz CT molecular complexity index is 1380. The van der Waals surface area contributed by atoms with Crippen molar-refractivity contribution in [2.75, 3.05) is 13.6 Å². The molecule has 7 nitrogen and oxygen atoms in total. The fraction of sp³-hybridized carbons (Fsp3) is 0.379. The molecule has 8 heteroatoms. The zero-order valence-electron chi connectivity index (χ0n) is 22.5. The van der Waals surface area contributed by atoms with Crippen LogP contribution in [0.4, 0.5) is 0 Å². The van der Waals surface area contributed by atoms with Gasteiger partial charge in [-0.05, 0) is 68.1 Å². The van der Waals surface area contributed by atoms with Crippen molar-refractivity contribution in [2.24, 2.45) is 0 Å². The van der Waals surface area contributed by atoms with Crippen molar-refractivity contribution < 1.29 is 18.0 Å². The smallest absolute Gasteiger partial charge is 0.243 e. The number of hydrogen-bond acceptors (Lipinski definition) is 4. The van der Waals surface area contributed by atoms with Crippen molar-refractivity contribution in [3.8, 4) is 0 Å². The number of amides is 2. The van der Waals surface area contributed by atoms with Gasteiger partial charge in [0.2, 0.25) is 21.8 Å². The number of nitrogens with one attached hydrogen (secondary N) is 1. The molecule has 0 saturated heterocycles. The monoisotopic (exact) mass is 523 g/mol. The van der Waals surface area contributed by atoms with E-state index < -0.39 is 27.5 Å². The van der Waals surface area contributed by atoms with Gasteiger partial charge in [0, 0.05) is 19.1 Å². The Morgan fingerprint density at radius 2 is 1.57 bits per heavy atom. The Labute approximate surface area is 220 Å². The number of rotatable bonds is 9. The molecule has 3 aromatic rings. The summed E-state index contributed by atoms with van der Waals surface area (Å²) in [6.07, 6.45) is 0.390. The van der Waals surface area contributed by atoms with Crippen LogP contribution in [0.15, 0.2) is 71.6 Å². The maximum absolute atomic E-state index is 13.7. The molecular formula is C29H37N3O4S. The molecule has 0 aromatic heterocycles. The molecule has 3 aromatic carbocycles. The van der Waals surface area contributed by atoms with Crippen LogP contribution in [0.2, 0.25) is 0 Å². The van der Waals surface area contributed by atoms with Gasteiger partial charge < -0.3 is 10.2 Å². The topological polar surface area (TPSA) is 86.8 Å². The summed E-state index contributed by atoms with van der Waals surface area (Å²) in [6, 6.07) is 19.3. The molecule has 3 rings (SSSR count). The van der Waals surface area contributed by atoms with Gasteiger partial charge in [-0.2, -0.15) is 4.31 Å². The number of carbonyl (C=O) groups is 2.